The summed E-state index contributed by atoms with van der Waals surface area (Å²) in [6.45, 7) is 15.8. The smallest absolute Gasteiger partial charge is 0.431 e. The lowest BCUT2D eigenvalue weighted by Gasteiger charge is -2.41. The van der Waals surface area contributed by atoms with E-state index in [4.69, 9.17) is 23.9 Å². The molecule has 0 saturated carbocycles. The monoisotopic (exact) mass is 784 g/mol. The predicted molar refractivity (Wildman–Crippen MR) is 210 cm³/mol. The molecule has 0 aliphatic heterocycles. The van der Waals surface area contributed by atoms with Gasteiger partial charge in [0.05, 0.1) is 13.7 Å². The first-order chi connectivity index (χ1) is 26.6. The maximum Gasteiger partial charge on any atom is 0.511 e. The molecular formula is C40H64N8O8. The number of nitrogens with zero attached hydrogens (tertiary/aromatic N) is 7. The van der Waals surface area contributed by atoms with Crippen LogP contribution < -0.4 is 0 Å². The highest BCUT2D eigenvalue weighted by molar-refractivity contribution is 5.85. The molecule has 2 unspecified atom stereocenters. The molecule has 1 N–H and O–H groups in total. The zero-order valence-corrected chi connectivity index (χ0v) is 35.2. The number of benzene rings is 1. The Kier molecular flexibility index (Phi) is 18.6. The molecule has 1 heterocycles. The van der Waals surface area contributed by atoms with Crippen LogP contribution in [0, 0.1) is 5.92 Å². The lowest BCUT2D eigenvalue weighted by molar-refractivity contribution is -0.469. The number of amides is 1. The van der Waals surface area contributed by atoms with Crippen LogP contribution in [-0.2, 0) is 40.0 Å². The number of hydrogen-bond acceptors (Lipinski definition) is 14. The fraction of sp³-hybridized carbons (Fsp3) is 0.650. The maximum absolute atomic E-state index is 13.7. The Morgan fingerprint density at radius 3 is 2.30 bits per heavy atom. The minimum Gasteiger partial charge on any atom is -0.431 e. The highest BCUT2D eigenvalue weighted by Crippen LogP contribution is 2.36. The SMILES string of the molecule is CCCCC(=O)N(Cc1ccc(C2CC=CC=C2c2nnn[nH]2)cc1)[C@H](C(=O)OC(C)OC(=O)O[C@@H](C)CCCCON(C)N(OC)N(C)C(C)(C)C)C(C)C. The third-order valence-corrected chi connectivity index (χ3v) is 9.54. The number of carbonyl (C=O) groups is 3. The van der Waals surface area contributed by atoms with Crippen molar-refractivity contribution in [3.63, 3.8) is 0 Å². The van der Waals surface area contributed by atoms with Gasteiger partial charge in [0.1, 0.15) is 12.1 Å². The Hall–Kier alpha value is -4.22. The number of ether oxygens (including phenoxy) is 3. The molecule has 0 saturated heterocycles. The van der Waals surface area contributed by atoms with Crippen LogP contribution >= 0.6 is 0 Å². The summed E-state index contributed by atoms with van der Waals surface area (Å²) in [7, 11) is 5.23. The van der Waals surface area contributed by atoms with E-state index in [1.165, 1.54) is 17.4 Å². The molecule has 16 heteroatoms. The van der Waals surface area contributed by atoms with Crippen LogP contribution in [-0.4, -0.2) is 111 Å². The summed E-state index contributed by atoms with van der Waals surface area (Å²) in [5.41, 5.74) is 2.75. The van der Waals surface area contributed by atoms with Crippen LogP contribution in [0.5, 0.6) is 0 Å². The van der Waals surface area contributed by atoms with Gasteiger partial charge in [-0.25, -0.2) is 14.7 Å². The van der Waals surface area contributed by atoms with Crippen LogP contribution in [0.25, 0.3) is 5.57 Å². The molecule has 1 amide bonds. The van der Waals surface area contributed by atoms with E-state index in [1.807, 2.05) is 69.2 Å². The lowest BCUT2D eigenvalue weighted by atomic mass is 9.84. The second-order valence-corrected chi connectivity index (χ2v) is 15.4. The van der Waals surface area contributed by atoms with Crippen molar-refractivity contribution >= 4 is 23.6 Å². The Morgan fingerprint density at radius 2 is 1.70 bits per heavy atom. The maximum atomic E-state index is 13.7. The number of nitrogens with one attached hydrogen (secondary N) is 1. The number of H-pyrrole nitrogens is 1. The van der Waals surface area contributed by atoms with Crippen molar-refractivity contribution in [2.75, 3.05) is 27.8 Å². The fourth-order valence-corrected chi connectivity index (χ4v) is 6.20. The van der Waals surface area contributed by atoms with Crippen molar-refractivity contribution < 1.29 is 38.3 Å². The van der Waals surface area contributed by atoms with Gasteiger partial charge in [-0.05, 0) is 92.6 Å². The largest absolute Gasteiger partial charge is 0.511 e. The van der Waals surface area contributed by atoms with Gasteiger partial charge in [-0.1, -0.05) is 74.9 Å². The Labute approximate surface area is 332 Å². The third kappa shape index (κ3) is 14.1. The number of aromatic nitrogens is 4. The molecule has 1 aromatic heterocycles. The molecule has 0 spiro atoms. The Balaban J connectivity index is 1.55. The molecule has 0 radical (unpaired) electrons. The van der Waals surface area contributed by atoms with E-state index >= 15 is 0 Å². The van der Waals surface area contributed by atoms with Crippen LogP contribution in [0.2, 0.25) is 0 Å². The molecule has 4 atom stereocenters. The summed E-state index contributed by atoms with van der Waals surface area (Å²) in [5.74, 6) is -0.424. The van der Waals surface area contributed by atoms with Crippen LogP contribution in [0.15, 0.2) is 42.5 Å². The topological polar surface area (TPSA) is 165 Å². The number of hydroxylamine groups is 1. The van der Waals surface area contributed by atoms with Gasteiger partial charge in [0, 0.05) is 51.0 Å². The second kappa shape index (κ2) is 22.5. The molecule has 2 aromatic rings. The van der Waals surface area contributed by atoms with Gasteiger partial charge >= 0.3 is 12.1 Å². The van der Waals surface area contributed by atoms with Gasteiger partial charge in [0.2, 0.25) is 12.2 Å². The quantitative estimate of drug-likeness (QED) is 0.0576. The summed E-state index contributed by atoms with van der Waals surface area (Å²) in [4.78, 5) is 52.8. The molecule has 16 nitrogen and oxygen atoms in total. The van der Waals surface area contributed by atoms with Crippen molar-refractivity contribution in [3.05, 3.63) is 59.4 Å². The fourth-order valence-electron chi connectivity index (χ4n) is 6.20. The molecule has 0 fully saturated rings. The number of carbonyl (C=O) groups excluding carboxylic acids is 3. The van der Waals surface area contributed by atoms with Gasteiger partial charge in [-0.15, -0.1) is 5.10 Å². The average molecular weight is 785 g/mol. The highest BCUT2D eigenvalue weighted by Gasteiger charge is 2.35. The van der Waals surface area contributed by atoms with Crippen LogP contribution in [0.1, 0.15) is 123 Å². The first-order valence-electron chi connectivity index (χ1n) is 19.6. The normalized spacial score (nSPS) is 16.2. The Morgan fingerprint density at radius 1 is 0.982 bits per heavy atom. The zero-order valence-electron chi connectivity index (χ0n) is 35.2. The summed E-state index contributed by atoms with van der Waals surface area (Å²) < 4.78 is 16.4. The number of hydrogen-bond donors (Lipinski definition) is 1. The lowest BCUT2D eigenvalue weighted by Crippen LogP contribution is -2.56. The van der Waals surface area contributed by atoms with Gasteiger partial charge in [0.15, 0.2) is 5.82 Å². The molecule has 1 aliphatic carbocycles. The first-order valence-corrected chi connectivity index (χ1v) is 19.6. The van der Waals surface area contributed by atoms with E-state index in [1.54, 1.807) is 26.0 Å². The number of aromatic amines is 1. The molecule has 56 heavy (non-hydrogen) atoms. The zero-order chi connectivity index (χ0) is 41.4. The number of esters is 1. The Bertz CT molecular complexity index is 1560. The number of unbranched alkanes of at least 4 members (excludes halogenated alkanes) is 2. The van der Waals surface area contributed by atoms with Crippen molar-refractivity contribution in [1.82, 2.24) is 41.0 Å². The van der Waals surface area contributed by atoms with Crippen LogP contribution in [0.3, 0.4) is 0 Å². The van der Waals surface area contributed by atoms with Crippen LogP contribution in [0.4, 0.5) is 4.79 Å². The number of allylic oxidation sites excluding steroid dienone is 4. The molecule has 0 bridgehead atoms. The molecular weight excluding hydrogens is 720 g/mol. The second-order valence-electron chi connectivity index (χ2n) is 15.4. The van der Waals surface area contributed by atoms with E-state index in [2.05, 4.69) is 47.5 Å². The van der Waals surface area contributed by atoms with Crippen molar-refractivity contribution in [2.45, 2.75) is 137 Å². The minimum atomic E-state index is -1.24. The standard InChI is InChI=1S/C40H64N8O8/c1-12-13-21-35(49)47(27-31-22-24-32(25-23-31)33-19-14-15-20-34(33)37-41-43-44-42-37)36(28(2)3)38(50)55-30(5)56-39(51)54-29(4)18-16-17-26-53-46(10)48(52-11)45(9)40(6,7)8/h14-15,20,22-25,28-30,33,36H,12-13,16-19,21,26-27H2,1-11H3,(H,41,42,43,44)/t29-,30?,33?,36-/m0/s1. The predicted octanol–water partition coefficient (Wildman–Crippen LogP) is 6.76. The first kappa shape index (κ1) is 46.2. The summed E-state index contributed by atoms with van der Waals surface area (Å²) in [6, 6.07) is 7.10. The molecule has 3 rings (SSSR count). The summed E-state index contributed by atoms with van der Waals surface area (Å²) in [5, 5.41) is 19.4. The van der Waals surface area contributed by atoms with Crippen molar-refractivity contribution in [1.29, 1.82) is 0 Å². The van der Waals surface area contributed by atoms with Crippen molar-refractivity contribution in [2.24, 2.45) is 5.92 Å². The van der Waals surface area contributed by atoms with Gasteiger partial charge in [-0.3, -0.25) is 14.5 Å². The average Bonchev–Trinajstić information content (AvgIpc) is 3.68. The summed E-state index contributed by atoms with van der Waals surface area (Å²) >= 11 is 0. The van der Waals surface area contributed by atoms with Gasteiger partial charge < -0.3 is 19.1 Å². The van der Waals surface area contributed by atoms with Gasteiger partial charge in [-0.2, -0.15) is 5.01 Å². The van der Waals surface area contributed by atoms with E-state index in [-0.39, 0.29) is 36.2 Å². The molecule has 1 aliphatic rings. The third-order valence-electron chi connectivity index (χ3n) is 9.54. The minimum absolute atomic E-state index is 0.0572. The van der Waals surface area contributed by atoms with E-state index in [0.29, 0.717) is 31.7 Å². The number of rotatable bonds is 22. The van der Waals surface area contributed by atoms with Gasteiger partial charge in [0.25, 0.3) is 0 Å². The van der Waals surface area contributed by atoms with E-state index in [9.17, 15) is 14.4 Å². The molecule has 312 valence electrons. The highest BCUT2D eigenvalue weighted by atomic mass is 16.9. The number of hydrazine groups is 2. The van der Waals surface area contributed by atoms with Crippen molar-refractivity contribution in [3.8, 4) is 0 Å². The van der Waals surface area contributed by atoms with E-state index < -0.39 is 30.6 Å². The van der Waals surface area contributed by atoms with E-state index in [0.717, 1.165) is 36.0 Å². The summed E-state index contributed by atoms with van der Waals surface area (Å²) in [6.07, 6.45) is 8.09. The molecule has 1 aromatic carbocycles. The number of tetrazole rings is 1.